The Labute approximate surface area is 514 Å². The fourth-order valence-corrected chi connectivity index (χ4v) is 15.8. The van der Waals surface area contributed by atoms with Gasteiger partial charge in [-0.2, -0.15) is 0 Å². The van der Waals surface area contributed by atoms with Crippen molar-refractivity contribution in [2.24, 2.45) is 40.9 Å². The molecule has 9 rings (SSSR count). The van der Waals surface area contributed by atoms with Crippen molar-refractivity contribution in [3.8, 4) is 0 Å². The predicted octanol–water partition coefficient (Wildman–Crippen LogP) is 4.89. The summed E-state index contributed by atoms with van der Waals surface area (Å²) in [6.45, 7) is 20.7. The van der Waals surface area contributed by atoms with Crippen molar-refractivity contribution in [2.45, 2.75) is 250 Å². The molecule has 6 fully saturated rings. The van der Waals surface area contributed by atoms with Crippen LogP contribution in [0.1, 0.15) is 134 Å². The molecule has 1 spiro atoms. The molecule has 7 N–H and O–H groups in total. The summed E-state index contributed by atoms with van der Waals surface area (Å²) in [5.74, 6) is -6.48. The Bertz CT molecular complexity index is 2800. The van der Waals surface area contributed by atoms with Crippen LogP contribution in [0.2, 0.25) is 0 Å². The number of hydrogen-bond donors (Lipinski definition) is 7. The Morgan fingerprint density at radius 3 is 2.11 bits per heavy atom. The second kappa shape index (κ2) is 26.8. The summed E-state index contributed by atoms with van der Waals surface area (Å²) in [6.07, 6.45) is -0.876. The van der Waals surface area contributed by atoms with Crippen molar-refractivity contribution < 1.29 is 107 Å². The summed E-state index contributed by atoms with van der Waals surface area (Å²) < 4.78 is 69.1. The van der Waals surface area contributed by atoms with Crippen LogP contribution < -0.4 is 10.5 Å². The van der Waals surface area contributed by atoms with Crippen LogP contribution >= 0.6 is 0 Å². The molecule has 1 unspecified atom stereocenters. The van der Waals surface area contributed by atoms with Gasteiger partial charge in [0, 0.05) is 49.9 Å². The Hall–Kier alpha value is -4.77. The topological polar surface area (TPSA) is 328 Å². The molecule has 5 heterocycles. The van der Waals surface area contributed by atoms with Crippen molar-refractivity contribution in [3.63, 3.8) is 0 Å². The fraction of sp³-hybridized carbons (Fsp3) is 0.734. The molecule has 1 amide bonds. The van der Waals surface area contributed by atoms with Gasteiger partial charge < -0.3 is 83.1 Å². The highest BCUT2D eigenvalue weighted by Gasteiger charge is 2.65. The lowest BCUT2D eigenvalue weighted by Gasteiger charge is -2.56. The zero-order valence-electron chi connectivity index (χ0n) is 52.7. The van der Waals surface area contributed by atoms with E-state index < -0.39 is 185 Å². The van der Waals surface area contributed by atoms with Gasteiger partial charge in [0.25, 0.3) is 0 Å². The van der Waals surface area contributed by atoms with E-state index in [0.717, 1.165) is 5.57 Å². The van der Waals surface area contributed by atoms with Crippen LogP contribution in [0.15, 0.2) is 70.6 Å². The van der Waals surface area contributed by atoms with E-state index in [-0.39, 0.29) is 49.7 Å². The second-order valence-electron chi connectivity index (χ2n) is 26.6. The number of ketones is 2. The van der Waals surface area contributed by atoms with E-state index in [1.807, 2.05) is 32.9 Å². The lowest BCUT2D eigenvalue weighted by molar-refractivity contribution is -1.09. The first-order chi connectivity index (χ1) is 41.4. The average Bonchev–Trinajstić information content (AvgIpc) is 1.35. The first kappa shape index (κ1) is 67.6. The van der Waals surface area contributed by atoms with Crippen LogP contribution in [0.25, 0.3) is 0 Å². The number of methoxy groups -OCH3 is 1. The van der Waals surface area contributed by atoms with Crippen molar-refractivity contribution in [1.29, 1.82) is 0 Å². The molecule has 2 bridgehead atoms. The standard InChI is InChI=1S/C64H92N2O22/c1-29-14-19-45(84-51-28-62(11,66(76)77)57(37(9)82-51)65-61(75)78-13)30(2)23-42-43(69)24-39(16-15-33(5)67)27-64(42)59(73)52(60(74)88-64)58(72)63(12)41(29)18-17-40-53(63)31(3)22-32(4)55(40)87-50-26-47(56(36(8)81-50)83-38(10)68)86-48-21-20-46(34(6)79-48)85-49-25-44(70)54(71)35(7)80-49/h14-18,23-24,31-32,34-37,40-51,53-57,66,69-72,76H,19-22,25-28H2,1-13H3,(H,65,75)/b16-15+,29-14+,30-23+,58-52?/t31-,32-,34-,35-,36-,37+,40-,41-,42+,43-,44+,45-,46+,47+,48-,49+,50-,51-,53+,54-,55-,56-,57-,62-,63+,64-/m0/s1. The van der Waals surface area contributed by atoms with Crippen LogP contribution in [0.5, 0.6) is 0 Å². The largest absolute Gasteiger partial charge is 0.600 e. The van der Waals surface area contributed by atoms with Crippen LogP contribution in [-0.2, 0) is 71.3 Å². The van der Waals surface area contributed by atoms with Gasteiger partial charge in [-0.25, -0.2) is 20.0 Å². The monoisotopic (exact) mass is 1240 g/mol. The zero-order chi connectivity index (χ0) is 64.2. The number of carbonyl (C=O) groups excluding carboxylic acids is 5. The minimum Gasteiger partial charge on any atom is -0.600 e. The highest BCUT2D eigenvalue weighted by atomic mass is 16.8. The molecule has 27 atom stereocenters. The minimum atomic E-state index is -2.13. The van der Waals surface area contributed by atoms with E-state index in [0.29, 0.717) is 30.4 Å². The van der Waals surface area contributed by atoms with Crippen molar-refractivity contribution in [2.75, 3.05) is 7.11 Å². The number of amides is 1. The number of nitrogens with one attached hydrogen (secondary N) is 2. The SMILES string of the molecule is COC(=O)N[C@H]1[C@@H](C)O[C@@H](O[C@H]2C/C=C(\C)[C@@H]3C=C[C@@H]4[C@@H](O[C@H]5C[C@@H](O[C@H]6CC[C@@H](O[C@@H]7C[C@@H](O)[C@@H](O)[C@H](C)O7)[C@H](C)O6)[C@@H](OC(C)=O)[C@H](C)O5)[C@@H](C)C[C@H](C)[C@H]4[C@]3(C)C(O)=C3C(=O)O[C@]4(CC(/C=C/C(C)=O)=C[C@H](O)[C@H]4/C=C/2C)C3=O)C[C@]1(C)[NH+]([O-])O. The molecular formula is C64H92N2O22. The minimum absolute atomic E-state index is 0.0983. The van der Waals surface area contributed by atoms with E-state index in [1.54, 1.807) is 33.8 Å². The van der Waals surface area contributed by atoms with Gasteiger partial charge in [-0.15, -0.1) is 0 Å². The van der Waals surface area contributed by atoms with E-state index in [4.69, 9.17) is 52.1 Å². The van der Waals surface area contributed by atoms with Gasteiger partial charge in [-0.05, 0) is 110 Å². The van der Waals surface area contributed by atoms with E-state index in [9.17, 15) is 50.0 Å². The molecule has 5 aliphatic heterocycles. The van der Waals surface area contributed by atoms with Gasteiger partial charge >= 0.3 is 18.0 Å². The van der Waals surface area contributed by atoms with Gasteiger partial charge in [-0.3, -0.25) is 14.4 Å². The molecule has 9 aliphatic rings. The number of hydroxylamine groups is 2. The number of rotatable bonds is 13. The van der Waals surface area contributed by atoms with Gasteiger partial charge in [0.15, 0.2) is 48.2 Å². The Morgan fingerprint density at radius 1 is 0.784 bits per heavy atom. The third-order valence-corrected chi connectivity index (χ3v) is 20.3. The summed E-state index contributed by atoms with van der Waals surface area (Å²) in [4.78, 5) is 68.0. The number of fused-ring (bicyclic) bond motifs is 4. The maximum Gasteiger partial charge on any atom is 0.407 e. The first-order valence-corrected chi connectivity index (χ1v) is 31.1. The molecule has 4 aliphatic carbocycles. The molecular weight excluding hydrogens is 1150 g/mol. The third kappa shape index (κ3) is 13.3. The van der Waals surface area contributed by atoms with Gasteiger partial charge in [0.1, 0.15) is 29.6 Å². The van der Waals surface area contributed by atoms with Gasteiger partial charge in [0.05, 0.1) is 74.4 Å². The summed E-state index contributed by atoms with van der Waals surface area (Å²) in [7, 11) is 1.17. The van der Waals surface area contributed by atoms with E-state index in [1.165, 1.54) is 46.1 Å². The van der Waals surface area contributed by atoms with Crippen LogP contribution in [0.4, 0.5) is 4.79 Å². The summed E-state index contributed by atoms with van der Waals surface area (Å²) in [6, 6.07) is -1.02. The number of Topliss-reactive ketones (excluding diaryl/α,β-unsaturated/α-hetero) is 1. The molecule has 490 valence electrons. The maximum atomic E-state index is 15.8. The number of esters is 2. The highest BCUT2D eigenvalue weighted by molar-refractivity contribution is 6.26. The fourth-order valence-electron chi connectivity index (χ4n) is 15.8. The zero-order valence-corrected chi connectivity index (χ0v) is 52.7. The number of carbonyl (C=O) groups is 5. The Morgan fingerprint density at radius 2 is 1.45 bits per heavy atom. The third-order valence-electron chi connectivity index (χ3n) is 20.3. The van der Waals surface area contributed by atoms with Crippen molar-refractivity contribution in [3.05, 3.63) is 75.8 Å². The van der Waals surface area contributed by atoms with Gasteiger partial charge in [0.2, 0.25) is 5.78 Å². The number of alkyl carbamates (subject to hydrolysis) is 1. The number of quaternary nitrogens is 1. The number of ether oxygens (including phenoxy) is 11. The first-order valence-electron chi connectivity index (χ1n) is 31.1. The molecule has 24 heteroatoms. The Balaban J connectivity index is 1.05. The smallest absolute Gasteiger partial charge is 0.407 e. The van der Waals surface area contributed by atoms with E-state index >= 15 is 4.79 Å². The lowest BCUT2D eigenvalue weighted by Crippen LogP contribution is -3.17. The molecule has 0 aromatic heterocycles. The van der Waals surface area contributed by atoms with Crippen LogP contribution in [-0.4, -0.2) is 178 Å². The Kier molecular flexibility index (Phi) is 20.6. The molecule has 0 aromatic carbocycles. The lowest BCUT2D eigenvalue weighted by atomic mass is 9.49. The average molecular weight is 1240 g/mol. The van der Waals surface area contributed by atoms with Gasteiger partial charge in [-0.1, -0.05) is 62.8 Å². The molecule has 5 saturated heterocycles. The van der Waals surface area contributed by atoms with E-state index in [2.05, 4.69) is 25.2 Å². The van der Waals surface area contributed by atoms with Crippen LogP contribution in [0.3, 0.4) is 0 Å². The van der Waals surface area contributed by atoms with Crippen LogP contribution in [0, 0.1) is 46.1 Å². The maximum absolute atomic E-state index is 15.8. The van der Waals surface area contributed by atoms with Crippen molar-refractivity contribution in [1.82, 2.24) is 5.32 Å². The summed E-state index contributed by atoms with van der Waals surface area (Å²) in [5.41, 5.74) is -4.17. The number of hydrogen-bond acceptors (Lipinski definition) is 22. The molecule has 0 radical (unpaired) electrons. The second-order valence-corrected chi connectivity index (χ2v) is 26.6. The highest BCUT2D eigenvalue weighted by Crippen LogP contribution is 2.61. The molecule has 1 saturated carbocycles. The number of aliphatic hydroxyl groups is 4. The molecule has 88 heavy (non-hydrogen) atoms. The molecule has 0 aromatic rings. The molecule has 24 nitrogen and oxygen atoms in total. The number of allylic oxidation sites excluding steroid dienone is 5. The summed E-state index contributed by atoms with van der Waals surface area (Å²) in [5, 5.41) is 71.3. The quantitative estimate of drug-likeness (QED) is 0.0322. The summed E-state index contributed by atoms with van der Waals surface area (Å²) >= 11 is 0. The predicted molar refractivity (Wildman–Crippen MR) is 310 cm³/mol. The normalized spacial score (nSPS) is 46.3. The number of aliphatic hydroxyl groups excluding tert-OH is 4. The van der Waals surface area contributed by atoms with Crippen molar-refractivity contribution >= 4 is 29.6 Å².